The highest BCUT2D eigenvalue weighted by Crippen LogP contribution is 1.98. The van der Waals surface area contributed by atoms with Gasteiger partial charge in [0.2, 0.25) is 0 Å². The van der Waals surface area contributed by atoms with E-state index in [1.807, 2.05) is 6.92 Å². The monoisotopic (exact) mass is 250 g/mol. The van der Waals surface area contributed by atoms with Crippen molar-refractivity contribution in [3.05, 3.63) is 18.7 Å². The quantitative estimate of drug-likeness (QED) is 0.774. The molecule has 7 heteroatoms. The molecule has 0 aliphatic rings. The van der Waals surface area contributed by atoms with Crippen LogP contribution < -0.4 is 0 Å². The lowest BCUT2D eigenvalue weighted by Gasteiger charge is -2.00. The Labute approximate surface area is 96.3 Å². The molecule has 0 spiro atoms. The average Bonchev–Trinajstić information content (AvgIpc) is 2.83. The molecule has 1 heterocycles. The molecule has 1 aromatic rings. The van der Waals surface area contributed by atoms with E-state index in [1.165, 1.54) is 0 Å². The zero-order valence-corrected chi connectivity index (χ0v) is 10.4. The summed E-state index contributed by atoms with van der Waals surface area (Å²) in [6.07, 6.45) is 7.84. The maximum absolute atomic E-state index is 10.5. The second-order valence-electron chi connectivity index (χ2n) is 2.86. The molecule has 0 amide bonds. The molecule has 0 saturated carbocycles. The normalized spacial score (nSPS) is 10.6. The Morgan fingerprint density at radius 1 is 1.38 bits per heavy atom. The first-order valence-electron chi connectivity index (χ1n) is 5.00. The van der Waals surface area contributed by atoms with Crippen LogP contribution in [0.5, 0.6) is 0 Å². The zero-order chi connectivity index (χ0) is 12.3. The van der Waals surface area contributed by atoms with Crippen LogP contribution in [-0.2, 0) is 18.8 Å². The van der Waals surface area contributed by atoms with Crippen molar-refractivity contribution in [3.8, 4) is 0 Å². The molecule has 0 saturated heterocycles. The van der Waals surface area contributed by atoms with Crippen LogP contribution in [0.15, 0.2) is 18.7 Å². The molecule has 0 radical (unpaired) electrons. The van der Waals surface area contributed by atoms with Crippen molar-refractivity contribution in [1.82, 2.24) is 9.97 Å². The molecular formula is C9H18N2O4S. The average molecular weight is 250 g/mol. The van der Waals surface area contributed by atoms with Gasteiger partial charge in [-0.3, -0.25) is 4.18 Å². The summed E-state index contributed by atoms with van der Waals surface area (Å²) >= 11 is 0. The Balaban J connectivity index is 0.000000368. The van der Waals surface area contributed by atoms with Crippen LogP contribution in [0, 0.1) is 0 Å². The predicted octanol–water partition coefficient (Wildman–Crippen LogP) is 1.49. The van der Waals surface area contributed by atoms with Gasteiger partial charge in [-0.25, -0.2) is 9.17 Å². The molecule has 1 rings (SSSR count). The Hall–Kier alpha value is -0.920. The molecular weight excluding hydrogens is 232 g/mol. The first kappa shape index (κ1) is 15.1. The maximum atomic E-state index is 10.5. The highest BCUT2D eigenvalue weighted by atomic mass is 32.3. The van der Waals surface area contributed by atoms with Crippen molar-refractivity contribution in [1.29, 1.82) is 0 Å². The highest BCUT2D eigenvalue weighted by Gasteiger charge is 2.06. The van der Waals surface area contributed by atoms with Gasteiger partial charge in [0.15, 0.2) is 0 Å². The van der Waals surface area contributed by atoms with E-state index >= 15 is 0 Å². The fourth-order valence-electron chi connectivity index (χ4n) is 0.776. The third-order valence-electron chi connectivity index (χ3n) is 1.59. The summed E-state index contributed by atoms with van der Waals surface area (Å²) in [4.78, 5) is 6.42. The summed E-state index contributed by atoms with van der Waals surface area (Å²) in [7, 11) is -2.62. The fraction of sp³-hybridized carbons (Fsp3) is 0.667. The second-order valence-corrected chi connectivity index (χ2v) is 4.25. The molecule has 0 aliphatic heterocycles. The number of H-pyrrole nitrogens is 1. The lowest BCUT2D eigenvalue weighted by Crippen LogP contribution is -2.08. The molecule has 0 unspecified atom stereocenters. The van der Waals surface area contributed by atoms with E-state index in [-0.39, 0.29) is 6.61 Å². The summed E-state index contributed by atoms with van der Waals surface area (Å²) in [6, 6.07) is 0. The maximum Gasteiger partial charge on any atom is 0.399 e. The summed E-state index contributed by atoms with van der Waals surface area (Å²) in [5.74, 6) is 0. The lowest BCUT2D eigenvalue weighted by atomic mass is 10.3. The molecule has 0 aromatic carbocycles. The van der Waals surface area contributed by atoms with E-state index in [0.29, 0.717) is 0 Å². The summed E-state index contributed by atoms with van der Waals surface area (Å²) in [5, 5.41) is 0. The van der Waals surface area contributed by atoms with Crippen molar-refractivity contribution in [3.63, 3.8) is 0 Å². The predicted molar refractivity (Wildman–Crippen MR) is 60.0 cm³/mol. The highest BCUT2D eigenvalue weighted by molar-refractivity contribution is 7.81. The number of aromatic amines is 1. The van der Waals surface area contributed by atoms with Gasteiger partial charge in [0.05, 0.1) is 20.0 Å². The second kappa shape index (κ2) is 9.32. The molecule has 0 atom stereocenters. The Morgan fingerprint density at radius 2 is 2.12 bits per heavy atom. The minimum absolute atomic E-state index is 0.212. The molecule has 0 bridgehead atoms. The van der Waals surface area contributed by atoms with Gasteiger partial charge >= 0.3 is 10.4 Å². The lowest BCUT2D eigenvalue weighted by molar-refractivity contribution is 0.239. The van der Waals surface area contributed by atoms with Gasteiger partial charge in [0.25, 0.3) is 0 Å². The molecule has 6 nitrogen and oxygen atoms in total. The summed E-state index contributed by atoms with van der Waals surface area (Å²) in [6.45, 7) is 2.24. The largest absolute Gasteiger partial charge is 0.399 e. The van der Waals surface area contributed by atoms with Gasteiger partial charge < -0.3 is 4.98 Å². The summed E-state index contributed by atoms with van der Waals surface area (Å²) in [5.41, 5.74) is 0. The van der Waals surface area contributed by atoms with Crippen molar-refractivity contribution in [2.24, 2.45) is 0 Å². The van der Waals surface area contributed by atoms with E-state index in [2.05, 4.69) is 18.3 Å². The van der Waals surface area contributed by atoms with Gasteiger partial charge in [0.1, 0.15) is 0 Å². The molecule has 0 fully saturated rings. The topological polar surface area (TPSA) is 81.3 Å². The standard InChI is InChI=1S/C6H14O4S.C3H4N2/c1-3-4-5-6-10-11(7,8)9-2;1-2-5-3-4-1/h3-6H2,1-2H3;1-3H,(H,4,5). The number of hydrogen-bond donors (Lipinski definition) is 1. The van der Waals surface area contributed by atoms with E-state index in [1.54, 1.807) is 18.7 Å². The van der Waals surface area contributed by atoms with Crippen LogP contribution >= 0.6 is 0 Å². The van der Waals surface area contributed by atoms with E-state index in [0.717, 1.165) is 26.4 Å². The van der Waals surface area contributed by atoms with Crippen LogP contribution in [-0.4, -0.2) is 32.1 Å². The third-order valence-corrected chi connectivity index (χ3v) is 2.45. The molecule has 16 heavy (non-hydrogen) atoms. The van der Waals surface area contributed by atoms with Gasteiger partial charge in [-0.1, -0.05) is 19.8 Å². The van der Waals surface area contributed by atoms with Crippen LogP contribution in [0.25, 0.3) is 0 Å². The number of unbranched alkanes of at least 4 members (excludes halogenated alkanes) is 2. The van der Waals surface area contributed by atoms with Crippen LogP contribution in [0.2, 0.25) is 0 Å². The molecule has 1 N–H and O–H groups in total. The number of hydrogen-bond acceptors (Lipinski definition) is 5. The van der Waals surface area contributed by atoms with E-state index < -0.39 is 10.4 Å². The van der Waals surface area contributed by atoms with Crippen molar-refractivity contribution in [2.75, 3.05) is 13.7 Å². The Bertz CT molecular complexity index is 306. The van der Waals surface area contributed by atoms with Gasteiger partial charge in [0, 0.05) is 12.4 Å². The third kappa shape index (κ3) is 9.63. The minimum atomic E-state index is -3.70. The molecule has 1 aromatic heterocycles. The smallest absolute Gasteiger partial charge is 0.351 e. The van der Waals surface area contributed by atoms with Crippen molar-refractivity contribution in [2.45, 2.75) is 26.2 Å². The minimum Gasteiger partial charge on any atom is -0.351 e. The molecule has 0 aliphatic carbocycles. The van der Waals surface area contributed by atoms with Crippen LogP contribution in [0.4, 0.5) is 0 Å². The van der Waals surface area contributed by atoms with E-state index in [9.17, 15) is 8.42 Å². The number of nitrogens with one attached hydrogen (secondary N) is 1. The number of imidazole rings is 1. The first-order valence-corrected chi connectivity index (χ1v) is 6.33. The van der Waals surface area contributed by atoms with Gasteiger partial charge in [-0.2, -0.15) is 8.42 Å². The fourth-order valence-corrected chi connectivity index (χ4v) is 1.19. The number of rotatable bonds is 6. The number of aromatic nitrogens is 2. The summed E-state index contributed by atoms with van der Waals surface area (Å²) < 4.78 is 29.5. The van der Waals surface area contributed by atoms with E-state index in [4.69, 9.17) is 0 Å². The zero-order valence-electron chi connectivity index (χ0n) is 9.55. The van der Waals surface area contributed by atoms with Crippen molar-refractivity contribution < 1.29 is 16.8 Å². The molecule has 94 valence electrons. The van der Waals surface area contributed by atoms with Crippen molar-refractivity contribution >= 4 is 10.4 Å². The SMILES string of the molecule is CCCCCOS(=O)(=O)OC.c1c[nH]cn1. The Morgan fingerprint density at radius 3 is 2.50 bits per heavy atom. The van der Waals surface area contributed by atoms with Gasteiger partial charge in [-0.15, -0.1) is 0 Å². The van der Waals surface area contributed by atoms with Crippen LogP contribution in [0.3, 0.4) is 0 Å². The van der Waals surface area contributed by atoms with Gasteiger partial charge in [-0.05, 0) is 6.42 Å². The Kier molecular flexibility index (Phi) is 8.78. The van der Waals surface area contributed by atoms with Crippen LogP contribution in [0.1, 0.15) is 26.2 Å². The first-order chi connectivity index (χ1) is 7.62. The number of nitrogens with zero attached hydrogens (tertiary/aromatic N) is 1.